The highest BCUT2D eigenvalue weighted by molar-refractivity contribution is 5.97. The number of nitrogens with one attached hydrogen (secondary N) is 3. The van der Waals surface area contributed by atoms with Gasteiger partial charge in [0.05, 0.1) is 50.1 Å². The molecular formula is C32H41N5O6. The molecule has 2 amide bonds. The van der Waals surface area contributed by atoms with Gasteiger partial charge in [-0.25, -0.2) is 0 Å². The zero-order valence-electron chi connectivity index (χ0n) is 26.3. The number of carbonyl (C=O) groups is 2. The van der Waals surface area contributed by atoms with Crippen LogP contribution in [0.5, 0.6) is 17.2 Å². The van der Waals surface area contributed by atoms with Crippen molar-refractivity contribution in [3.05, 3.63) is 57.0 Å². The van der Waals surface area contributed by atoms with E-state index in [1.165, 1.54) is 20.1 Å². The molecule has 0 saturated heterocycles. The summed E-state index contributed by atoms with van der Waals surface area (Å²) in [6, 6.07) is 5.88. The fraction of sp³-hybridized carbons (Fsp3) is 0.438. The van der Waals surface area contributed by atoms with Crippen molar-refractivity contribution in [2.75, 3.05) is 32.0 Å². The van der Waals surface area contributed by atoms with Crippen molar-refractivity contribution in [3.8, 4) is 28.4 Å². The molecule has 0 saturated carbocycles. The maximum Gasteiger partial charge on any atom is 0.246 e. The van der Waals surface area contributed by atoms with Crippen molar-refractivity contribution in [1.29, 1.82) is 0 Å². The van der Waals surface area contributed by atoms with Crippen LogP contribution < -0.4 is 35.6 Å². The molecule has 43 heavy (non-hydrogen) atoms. The molecule has 3 aromatic rings. The topological polar surface area (TPSA) is 133 Å². The number of nitrogens with zero attached hydrogens (tertiary/aromatic N) is 2. The van der Waals surface area contributed by atoms with Gasteiger partial charge in [-0.2, -0.15) is 5.10 Å². The van der Waals surface area contributed by atoms with Crippen LogP contribution in [0.4, 0.5) is 11.4 Å². The predicted molar refractivity (Wildman–Crippen MR) is 166 cm³/mol. The minimum absolute atomic E-state index is 0.147. The maximum absolute atomic E-state index is 13.6. The highest BCUT2D eigenvalue weighted by Gasteiger charge is 2.30. The van der Waals surface area contributed by atoms with Crippen LogP contribution in [0.2, 0.25) is 0 Å². The normalized spacial score (nSPS) is 14.6. The van der Waals surface area contributed by atoms with Crippen molar-refractivity contribution in [1.82, 2.24) is 15.1 Å². The molecule has 0 aliphatic heterocycles. The molecule has 1 heterocycles. The second-order valence-corrected chi connectivity index (χ2v) is 11.0. The quantitative estimate of drug-likeness (QED) is 0.326. The van der Waals surface area contributed by atoms with Gasteiger partial charge in [-0.1, -0.05) is 6.07 Å². The lowest BCUT2D eigenvalue weighted by atomic mass is 9.95. The Hall–Kier alpha value is -4.54. The van der Waals surface area contributed by atoms with E-state index in [9.17, 15) is 14.4 Å². The van der Waals surface area contributed by atoms with Crippen molar-refractivity contribution < 1.29 is 23.8 Å². The van der Waals surface area contributed by atoms with E-state index in [2.05, 4.69) is 21.0 Å². The molecule has 0 bridgehead atoms. The molecule has 3 N–H and O–H groups in total. The zero-order chi connectivity index (χ0) is 31.6. The standard InChI is InChI=1S/C32H41N5O6/c1-16(2)37-19(5)29(17(3)36-37)35-32(40)18(4)33-25-13-11-22-23(15-26(25)39)24(34-20(6)38)12-10-21-14-27(41-7)30(42-8)31(43-9)28(21)22/h11,13-16,18,24H,10,12H2,1-9H3,(H,33,39)(H,34,38)(H,35,40)/t18-,24-/m1/s1. The summed E-state index contributed by atoms with van der Waals surface area (Å²) >= 11 is 0. The first kappa shape index (κ1) is 31.4. The number of aryl methyl sites for hydroxylation is 2. The Morgan fingerprint density at radius 3 is 2.30 bits per heavy atom. The minimum atomic E-state index is -0.742. The Kier molecular flexibility index (Phi) is 9.32. The van der Waals surface area contributed by atoms with E-state index < -0.39 is 12.1 Å². The lowest BCUT2D eigenvalue weighted by Crippen LogP contribution is -2.33. The molecule has 11 nitrogen and oxygen atoms in total. The van der Waals surface area contributed by atoms with E-state index in [1.54, 1.807) is 27.2 Å². The van der Waals surface area contributed by atoms with E-state index in [1.807, 2.05) is 44.5 Å². The van der Waals surface area contributed by atoms with Crippen molar-refractivity contribution in [2.45, 2.75) is 72.5 Å². The second-order valence-electron chi connectivity index (χ2n) is 11.0. The molecule has 1 aliphatic carbocycles. The Morgan fingerprint density at radius 2 is 1.72 bits per heavy atom. The SMILES string of the molecule is COc1cc2c(c(OC)c1OC)-c1ccc(N[C@H](C)C(=O)Nc3c(C)nn(C(C)C)c3C)c(=O)cc1[C@H](NC(C)=O)CC2. The van der Waals surface area contributed by atoms with Gasteiger partial charge in [0.2, 0.25) is 23.0 Å². The number of methoxy groups -OCH3 is 3. The minimum Gasteiger partial charge on any atom is -0.493 e. The van der Waals surface area contributed by atoms with Gasteiger partial charge in [0.25, 0.3) is 0 Å². The molecular weight excluding hydrogens is 550 g/mol. The van der Waals surface area contributed by atoms with E-state index in [0.717, 1.165) is 22.5 Å². The lowest BCUT2D eigenvalue weighted by Gasteiger charge is -2.19. The number of ether oxygens (including phenoxy) is 3. The van der Waals surface area contributed by atoms with E-state index in [-0.39, 0.29) is 29.0 Å². The molecule has 0 spiro atoms. The molecule has 2 atom stereocenters. The number of aromatic nitrogens is 2. The van der Waals surface area contributed by atoms with Crippen molar-refractivity contribution >= 4 is 23.2 Å². The third-order valence-electron chi connectivity index (χ3n) is 7.74. The van der Waals surface area contributed by atoms with Crippen LogP contribution in [0.15, 0.2) is 29.1 Å². The first-order valence-corrected chi connectivity index (χ1v) is 14.3. The number of carbonyl (C=O) groups excluding carboxylic acids is 2. The van der Waals surface area contributed by atoms with Gasteiger partial charge >= 0.3 is 0 Å². The summed E-state index contributed by atoms with van der Waals surface area (Å²) < 4.78 is 18.9. The molecule has 11 heteroatoms. The van der Waals surface area contributed by atoms with Gasteiger partial charge in [-0.05, 0) is 82.3 Å². The number of amides is 2. The second kappa shape index (κ2) is 12.8. The van der Waals surface area contributed by atoms with Gasteiger partial charge in [-0.3, -0.25) is 19.1 Å². The first-order chi connectivity index (χ1) is 20.4. The maximum atomic E-state index is 13.6. The average molecular weight is 592 g/mol. The van der Waals surface area contributed by atoms with E-state index in [0.29, 0.717) is 46.9 Å². The smallest absolute Gasteiger partial charge is 0.246 e. The van der Waals surface area contributed by atoms with Crippen LogP contribution in [-0.4, -0.2) is 49.0 Å². The zero-order valence-corrected chi connectivity index (χ0v) is 26.3. The van der Waals surface area contributed by atoms with Crippen LogP contribution in [0, 0.1) is 13.8 Å². The van der Waals surface area contributed by atoms with Gasteiger partial charge in [-0.15, -0.1) is 0 Å². The molecule has 1 aliphatic rings. The fourth-order valence-corrected chi connectivity index (χ4v) is 5.70. The van der Waals surface area contributed by atoms with Crippen LogP contribution in [0.1, 0.15) is 68.7 Å². The number of anilines is 2. The molecule has 230 valence electrons. The van der Waals surface area contributed by atoms with Gasteiger partial charge in [0.15, 0.2) is 11.5 Å². The largest absolute Gasteiger partial charge is 0.493 e. The summed E-state index contributed by atoms with van der Waals surface area (Å²) in [4.78, 5) is 39.1. The fourth-order valence-electron chi connectivity index (χ4n) is 5.70. The van der Waals surface area contributed by atoms with Gasteiger partial charge in [0, 0.05) is 18.5 Å². The Labute approximate surface area is 251 Å². The molecule has 4 rings (SSSR count). The number of fused-ring (bicyclic) bond motifs is 3. The number of hydrogen-bond acceptors (Lipinski definition) is 8. The average Bonchev–Trinajstić information content (AvgIpc) is 3.07. The Morgan fingerprint density at radius 1 is 1.02 bits per heavy atom. The molecule has 0 fully saturated rings. The van der Waals surface area contributed by atoms with E-state index in [4.69, 9.17) is 14.2 Å². The van der Waals surface area contributed by atoms with Crippen LogP contribution in [0.25, 0.3) is 11.1 Å². The number of benzene rings is 1. The van der Waals surface area contributed by atoms with Gasteiger partial charge < -0.3 is 30.2 Å². The Balaban J connectivity index is 1.78. The summed E-state index contributed by atoms with van der Waals surface area (Å²) in [6.45, 7) is 11.0. The number of hydrogen-bond donors (Lipinski definition) is 3. The third-order valence-corrected chi connectivity index (χ3v) is 7.74. The third kappa shape index (κ3) is 6.16. The Bertz CT molecular complexity index is 1610. The molecule has 1 aromatic heterocycles. The van der Waals surface area contributed by atoms with Crippen LogP contribution in [-0.2, 0) is 16.0 Å². The number of rotatable bonds is 9. The van der Waals surface area contributed by atoms with Gasteiger partial charge in [0.1, 0.15) is 6.04 Å². The van der Waals surface area contributed by atoms with Crippen LogP contribution in [0.3, 0.4) is 0 Å². The van der Waals surface area contributed by atoms with Crippen molar-refractivity contribution in [2.24, 2.45) is 0 Å². The lowest BCUT2D eigenvalue weighted by molar-refractivity contribution is -0.119. The molecule has 0 radical (unpaired) electrons. The van der Waals surface area contributed by atoms with Crippen molar-refractivity contribution in [3.63, 3.8) is 0 Å². The molecule has 0 unspecified atom stereocenters. The summed E-state index contributed by atoms with van der Waals surface area (Å²) in [6.07, 6.45) is 1.14. The summed E-state index contributed by atoms with van der Waals surface area (Å²) in [5.74, 6) is 0.903. The first-order valence-electron chi connectivity index (χ1n) is 14.3. The highest BCUT2D eigenvalue weighted by atomic mass is 16.5. The predicted octanol–water partition coefficient (Wildman–Crippen LogP) is 4.70. The van der Waals surface area contributed by atoms with E-state index >= 15 is 0 Å². The van der Waals surface area contributed by atoms with Crippen LogP contribution >= 0.6 is 0 Å². The molecule has 2 aromatic carbocycles. The summed E-state index contributed by atoms with van der Waals surface area (Å²) in [7, 11) is 4.65. The highest BCUT2D eigenvalue weighted by Crippen LogP contribution is 2.50. The monoisotopic (exact) mass is 591 g/mol. The summed E-state index contributed by atoms with van der Waals surface area (Å²) in [5, 5.41) is 13.6. The summed E-state index contributed by atoms with van der Waals surface area (Å²) in [5.41, 5.74) is 5.18.